The third kappa shape index (κ3) is 5.85. The monoisotopic (exact) mass is 386 g/mol. The minimum atomic E-state index is -0.00960. The topological polar surface area (TPSA) is 70.0 Å². The van der Waals surface area contributed by atoms with E-state index in [2.05, 4.69) is 82.9 Å². The first-order chi connectivity index (χ1) is 14.3. The number of nitrogens with one attached hydrogen (secondary N) is 1. The highest BCUT2D eigenvalue weighted by Crippen LogP contribution is 2.29. The van der Waals surface area contributed by atoms with E-state index in [9.17, 15) is 0 Å². The quantitative estimate of drug-likeness (QED) is 0.256. The molecule has 0 saturated carbocycles. The van der Waals surface area contributed by atoms with E-state index in [1.54, 1.807) is 0 Å². The Morgan fingerprint density at radius 1 is 0.897 bits per heavy atom. The van der Waals surface area contributed by atoms with Gasteiger partial charge < -0.3 is 10.1 Å². The van der Waals surface area contributed by atoms with E-state index in [0.29, 0.717) is 5.92 Å². The van der Waals surface area contributed by atoms with E-state index in [-0.39, 0.29) is 12.8 Å². The molecule has 29 heavy (non-hydrogen) atoms. The van der Waals surface area contributed by atoms with E-state index < -0.39 is 0 Å². The predicted molar refractivity (Wildman–Crippen MR) is 117 cm³/mol. The molecule has 0 aliphatic carbocycles. The molecule has 148 valence electrons. The van der Waals surface area contributed by atoms with Crippen LogP contribution in [0.2, 0.25) is 0 Å². The fourth-order valence-electron chi connectivity index (χ4n) is 3.54. The minimum absolute atomic E-state index is 0.00960. The third-order valence-electron chi connectivity index (χ3n) is 5.01. The van der Waals surface area contributed by atoms with Crippen LogP contribution in [0.25, 0.3) is 10.4 Å². The zero-order chi connectivity index (χ0) is 20.3. The van der Waals surface area contributed by atoms with E-state index in [1.165, 1.54) is 11.1 Å². The number of benzene rings is 3. The van der Waals surface area contributed by atoms with Crippen molar-refractivity contribution in [2.24, 2.45) is 5.11 Å². The summed E-state index contributed by atoms with van der Waals surface area (Å²) < 4.78 is 5.60. The molecule has 0 aliphatic heterocycles. The van der Waals surface area contributed by atoms with Gasteiger partial charge in [0.25, 0.3) is 0 Å². The Labute approximate surface area is 172 Å². The molecule has 5 heteroatoms. The van der Waals surface area contributed by atoms with Crippen LogP contribution in [0, 0.1) is 0 Å². The second-order valence-corrected chi connectivity index (χ2v) is 6.88. The Hall–Kier alpha value is -3.27. The van der Waals surface area contributed by atoms with E-state index in [4.69, 9.17) is 10.3 Å². The van der Waals surface area contributed by atoms with Crippen molar-refractivity contribution in [3.05, 3.63) is 112 Å². The summed E-state index contributed by atoms with van der Waals surface area (Å²) in [5, 5.41) is 7.07. The highest BCUT2D eigenvalue weighted by Gasteiger charge is 2.15. The lowest BCUT2D eigenvalue weighted by Crippen LogP contribution is -2.22. The number of para-hydroxylation sites is 1. The second-order valence-electron chi connectivity index (χ2n) is 6.88. The van der Waals surface area contributed by atoms with Gasteiger partial charge in [0.15, 0.2) is 6.73 Å². The molecule has 1 atom stereocenters. The summed E-state index contributed by atoms with van der Waals surface area (Å²) in [5.41, 5.74) is 12.1. The van der Waals surface area contributed by atoms with Gasteiger partial charge in [-0.15, -0.1) is 0 Å². The largest absolute Gasteiger partial charge is 0.487 e. The van der Waals surface area contributed by atoms with Crippen molar-refractivity contribution in [1.82, 2.24) is 5.32 Å². The molecular formula is C24H26N4O. The van der Waals surface area contributed by atoms with Crippen LogP contribution in [-0.2, 0) is 0 Å². The number of azide groups is 1. The molecule has 3 aromatic rings. The Kier molecular flexibility index (Phi) is 7.70. The third-order valence-corrected chi connectivity index (χ3v) is 5.01. The van der Waals surface area contributed by atoms with E-state index in [1.807, 2.05) is 24.3 Å². The average Bonchev–Trinajstić information content (AvgIpc) is 2.78. The van der Waals surface area contributed by atoms with Gasteiger partial charge in [0.05, 0.1) is 0 Å². The molecule has 0 fully saturated rings. The van der Waals surface area contributed by atoms with Crippen LogP contribution in [0.15, 0.2) is 90.0 Å². The van der Waals surface area contributed by atoms with E-state index in [0.717, 1.165) is 24.3 Å². The van der Waals surface area contributed by atoms with Gasteiger partial charge >= 0.3 is 0 Å². The molecule has 5 nitrogen and oxygen atoms in total. The van der Waals surface area contributed by atoms with Crippen LogP contribution < -0.4 is 10.1 Å². The number of hydrogen-bond acceptors (Lipinski definition) is 3. The van der Waals surface area contributed by atoms with Gasteiger partial charge in [-0.05, 0) is 42.6 Å². The Morgan fingerprint density at radius 2 is 1.48 bits per heavy atom. The second kappa shape index (κ2) is 10.9. The fourth-order valence-corrected chi connectivity index (χ4v) is 3.54. The van der Waals surface area contributed by atoms with Gasteiger partial charge in [-0.3, -0.25) is 0 Å². The van der Waals surface area contributed by atoms with Crippen LogP contribution in [0.3, 0.4) is 0 Å². The summed E-state index contributed by atoms with van der Waals surface area (Å²) in [6.45, 7) is 2.97. The van der Waals surface area contributed by atoms with Crippen molar-refractivity contribution in [1.29, 1.82) is 0 Å². The molecule has 3 aromatic carbocycles. The first kappa shape index (κ1) is 20.5. The SMILES string of the molecule is CC(NCCC(c1ccccc1)c1ccccc1)c1ccccc1OCN=[N+]=[N-]. The lowest BCUT2D eigenvalue weighted by atomic mass is 9.88. The van der Waals surface area contributed by atoms with Crippen LogP contribution >= 0.6 is 0 Å². The van der Waals surface area contributed by atoms with Crippen LogP contribution in [-0.4, -0.2) is 13.3 Å². The van der Waals surface area contributed by atoms with Gasteiger partial charge in [-0.2, -0.15) is 0 Å². The van der Waals surface area contributed by atoms with Crippen molar-refractivity contribution >= 4 is 0 Å². The summed E-state index contributed by atoms with van der Waals surface area (Å²) in [6.07, 6.45) is 0.986. The molecule has 0 amide bonds. The Morgan fingerprint density at radius 3 is 2.10 bits per heavy atom. The number of hydrogen-bond donors (Lipinski definition) is 1. The maximum absolute atomic E-state index is 8.44. The first-order valence-electron chi connectivity index (χ1n) is 9.85. The summed E-state index contributed by atoms with van der Waals surface area (Å²) in [5.74, 6) is 1.08. The Balaban J connectivity index is 1.66. The normalized spacial score (nSPS) is 11.7. The lowest BCUT2D eigenvalue weighted by molar-refractivity contribution is 0.322. The van der Waals surface area contributed by atoms with Crippen LogP contribution in [0.4, 0.5) is 0 Å². The van der Waals surface area contributed by atoms with E-state index >= 15 is 0 Å². The fraction of sp³-hybridized carbons (Fsp3) is 0.250. The standard InChI is InChI=1S/C24H26N4O/c1-19(22-14-8-9-15-24(22)29-18-27-28-25)26-17-16-23(20-10-4-2-5-11-20)21-12-6-3-7-13-21/h2-15,19,23,26H,16-18H2,1H3. The first-order valence-corrected chi connectivity index (χ1v) is 9.85. The molecule has 0 aliphatic rings. The van der Waals surface area contributed by atoms with Gasteiger partial charge in [-0.25, -0.2) is 0 Å². The maximum Gasteiger partial charge on any atom is 0.167 e. The molecule has 3 rings (SSSR count). The minimum Gasteiger partial charge on any atom is -0.487 e. The highest BCUT2D eigenvalue weighted by atomic mass is 16.5. The smallest absolute Gasteiger partial charge is 0.167 e. The van der Waals surface area contributed by atoms with Gasteiger partial charge in [0.1, 0.15) is 5.75 Å². The molecule has 0 aromatic heterocycles. The van der Waals surface area contributed by atoms with Gasteiger partial charge in [-0.1, -0.05) is 84.0 Å². The summed E-state index contributed by atoms with van der Waals surface area (Å²) in [6, 6.07) is 29.2. The van der Waals surface area contributed by atoms with Crippen molar-refractivity contribution < 1.29 is 4.74 Å². The molecular weight excluding hydrogens is 360 g/mol. The summed E-state index contributed by atoms with van der Waals surface area (Å²) in [7, 11) is 0. The van der Waals surface area contributed by atoms with Crippen LogP contribution in [0.5, 0.6) is 5.75 Å². The van der Waals surface area contributed by atoms with Crippen LogP contribution in [0.1, 0.15) is 42.0 Å². The van der Waals surface area contributed by atoms with Crippen molar-refractivity contribution in [2.45, 2.75) is 25.3 Å². The van der Waals surface area contributed by atoms with Crippen molar-refractivity contribution in [2.75, 3.05) is 13.3 Å². The van der Waals surface area contributed by atoms with Crippen molar-refractivity contribution in [3.63, 3.8) is 0 Å². The summed E-state index contributed by atoms with van der Waals surface area (Å²) >= 11 is 0. The molecule has 1 N–H and O–H groups in total. The lowest BCUT2D eigenvalue weighted by Gasteiger charge is -2.21. The molecule has 0 radical (unpaired) electrons. The Bertz CT molecular complexity index is 884. The molecule has 0 heterocycles. The summed E-state index contributed by atoms with van der Waals surface area (Å²) in [4.78, 5) is 2.74. The maximum atomic E-state index is 8.44. The molecule has 0 spiro atoms. The average molecular weight is 386 g/mol. The zero-order valence-electron chi connectivity index (χ0n) is 16.6. The molecule has 0 bridgehead atoms. The highest BCUT2D eigenvalue weighted by molar-refractivity contribution is 5.36. The number of rotatable bonds is 10. The predicted octanol–water partition coefficient (Wildman–Crippen LogP) is 6.21. The molecule has 0 saturated heterocycles. The van der Waals surface area contributed by atoms with Gasteiger partial charge in [0, 0.05) is 22.4 Å². The van der Waals surface area contributed by atoms with Crippen molar-refractivity contribution in [3.8, 4) is 5.75 Å². The number of nitrogens with zero attached hydrogens (tertiary/aromatic N) is 3. The molecule has 1 unspecified atom stereocenters. The van der Waals surface area contributed by atoms with Gasteiger partial charge in [0.2, 0.25) is 0 Å². The zero-order valence-corrected chi connectivity index (χ0v) is 16.6. The number of ether oxygens (including phenoxy) is 1.